The van der Waals surface area contributed by atoms with Gasteiger partial charge in [-0.15, -0.1) is 0 Å². The molecule has 2 unspecified atom stereocenters. The Labute approximate surface area is 112 Å². The van der Waals surface area contributed by atoms with Gasteiger partial charge in [-0.1, -0.05) is 6.42 Å². The number of nitrogens with one attached hydrogen (secondary N) is 1. The first-order valence-electron chi connectivity index (χ1n) is 6.30. The van der Waals surface area contributed by atoms with Crippen molar-refractivity contribution in [3.05, 3.63) is 18.2 Å². The highest BCUT2D eigenvalue weighted by Gasteiger charge is 2.28. The molecule has 1 amide bonds. The van der Waals surface area contributed by atoms with E-state index in [1.807, 2.05) is 16.3 Å². The van der Waals surface area contributed by atoms with Crippen molar-refractivity contribution in [2.24, 2.45) is 5.73 Å². The van der Waals surface area contributed by atoms with Crippen molar-refractivity contribution in [1.82, 2.24) is 14.9 Å². The van der Waals surface area contributed by atoms with Gasteiger partial charge in [0.25, 0.3) is 5.91 Å². The Kier molecular flexibility index (Phi) is 4.66. The van der Waals surface area contributed by atoms with Crippen molar-refractivity contribution in [2.45, 2.75) is 37.1 Å². The molecule has 2 atom stereocenters. The molecular formula is C12H20N4OS. The summed E-state index contributed by atoms with van der Waals surface area (Å²) in [5.74, 6) is -0.0725. The second-order valence-corrected chi connectivity index (χ2v) is 5.65. The number of aromatic nitrogens is 2. The van der Waals surface area contributed by atoms with Crippen molar-refractivity contribution in [2.75, 3.05) is 12.8 Å². The summed E-state index contributed by atoms with van der Waals surface area (Å²) in [6, 6.07) is 0.284. The number of nitrogens with two attached hydrogens (primary N) is 1. The summed E-state index contributed by atoms with van der Waals surface area (Å²) in [7, 11) is 0. The van der Waals surface area contributed by atoms with Gasteiger partial charge in [0.05, 0.1) is 6.33 Å². The third kappa shape index (κ3) is 3.05. The molecule has 1 aromatic rings. The predicted molar refractivity (Wildman–Crippen MR) is 73.7 cm³/mol. The fraction of sp³-hybridized carbons (Fsp3) is 0.667. The summed E-state index contributed by atoms with van der Waals surface area (Å²) in [5, 5.41) is 3.63. The molecule has 0 aromatic carbocycles. The van der Waals surface area contributed by atoms with Gasteiger partial charge in [0.15, 0.2) is 0 Å². The number of carbonyl (C=O) groups excluding carboxylic acids is 1. The van der Waals surface area contributed by atoms with E-state index in [1.54, 1.807) is 12.5 Å². The van der Waals surface area contributed by atoms with Crippen LogP contribution in [0.25, 0.3) is 0 Å². The van der Waals surface area contributed by atoms with Gasteiger partial charge >= 0.3 is 0 Å². The lowest BCUT2D eigenvalue weighted by Crippen LogP contribution is -2.38. The molecule has 1 fully saturated rings. The zero-order valence-corrected chi connectivity index (χ0v) is 11.4. The molecule has 2 rings (SSSR count). The van der Waals surface area contributed by atoms with Gasteiger partial charge in [-0.25, -0.2) is 4.98 Å². The van der Waals surface area contributed by atoms with Crippen LogP contribution in [-0.2, 0) is 6.54 Å². The maximum absolute atomic E-state index is 12.1. The topological polar surface area (TPSA) is 72.9 Å². The average Bonchev–Trinajstić information content (AvgIpc) is 2.98. The van der Waals surface area contributed by atoms with Crippen LogP contribution in [0.1, 0.15) is 29.8 Å². The quantitative estimate of drug-likeness (QED) is 0.830. The van der Waals surface area contributed by atoms with Crippen molar-refractivity contribution < 1.29 is 4.79 Å². The smallest absolute Gasteiger partial charge is 0.271 e. The van der Waals surface area contributed by atoms with Crippen molar-refractivity contribution >= 4 is 17.7 Å². The molecule has 1 heterocycles. The maximum Gasteiger partial charge on any atom is 0.271 e. The Balaban J connectivity index is 1.94. The molecule has 0 bridgehead atoms. The lowest BCUT2D eigenvalue weighted by molar-refractivity contribution is 0.0934. The minimum Gasteiger partial charge on any atom is -0.347 e. The number of rotatable bonds is 5. The van der Waals surface area contributed by atoms with E-state index in [-0.39, 0.29) is 11.9 Å². The van der Waals surface area contributed by atoms with Gasteiger partial charge in [-0.3, -0.25) is 4.79 Å². The zero-order valence-electron chi connectivity index (χ0n) is 10.6. The van der Waals surface area contributed by atoms with Gasteiger partial charge in [0, 0.05) is 30.6 Å². The summed E-state index contributed by atoms with van der Waals surface area (Å²) < 4.78 is 1.84. The lowest BCUT2D eigenvalue weighted by Gasteiger charge is -2.18. The molecule has 18 heavy (non-hydrogen) atoms. The third-order valence-corrected chi connectivity index (χ3v) is 4.49. The molecule has 1 saturated carbocycles. The third-order valence-electron chi connectivity index (χ3n) is 3.32. The zero-order chi connectivity index (χ0) is 13.0. The van der Waals surface area contributed by atoms with E-state index in [2.05, 4.69) is 16.6 Å². The van der Waals surface area contributed by atoms with Crippen LogP contribution in [0.4, 0.5) is 0 Å². The van der Waals surface area contributed by atoms with Crippen LogP contribution < -0.4 is 11.1 Å². The van der Waals surface area contributed by atoms with Gasteiger partial charge in [0.1, 0.15) is 5.69 Å². The molecule has 1 aliphatic carbocycles. The first kappa shape index (κ1) is 13.4. The molecule has 100 valence electrons. The fourth-order valence-corrected chi connectivity index (χ4v) is 3.30. The Morgan fingerprint density at radius 1 is 1.67 bits per heavy atom. The van der Waals surface area contributed by atoms with Crippen LogP contribution in [0.3, 0.4) is 0 Å². The summed E-state index contributed by atoms with van der Waals surface area (Å²) in [6.07, 6.45) is 8.96. The summed E-state index contributed by atoms with van der Waals surface area (Å²) >= 11 is 1.83. The van der Waals surface area contributed by atoms with Gasteiger partial charge in [-0.2, -0.15) is 11.8 Å². The molecule has 1 aromatic heterocycles. The molecule has 0 aliphatic heterocycles. The first-order chi connectivity index (χ1) is 8.74. The number of imidazole rings is 1. The van der Waals surface area contributed by atoms with Gasteiger partial charge < -0.3 is 15.6 Å². The molecular weight excluding hydrogens is 248 g/mol. The number of thioether (sulfide) groups is 1. The van der Waals surface area contributed by atoms with E-state index in [0.29, 0.717) is 24.0 Å². The van der Waals surface area contributed by atoms with E-state index >= 15 is 0 Å². The molecule has 6 heteroatoms. The van der Waals surface area contributed by atoms with Gasteiger partial charge in [-0.05, 0) is 19.1 Å². The van der Waals surface area contributed by atoms with Crippen LogP contribution in [0.5, 0.6) is 0 Å². The van der Waals surface area contributed by atoms with Crippen LogP contribution in [-0.4, -0.2) is 39.6 Å². The molecule has 1 aliphatic rings. The second-order valence-electron chi connectivity index (χ2n) is 4.57. The van der Waals surface area contributed by atoms with E-state index in [4.69, 9.17) is 5.73 Å². The number of amides is 1. The predicted octanol–water partition coefficient (Wildman–Crippen LogP) is 0.856. The van der Waals surface area contributed by atoms with Crippen LogP contribution in [0.2, 0.25) is 0 Å². The van der Waals surface area contributed by atoms with Crippen molar-refractivity contribution in [3.63, 3.8) is 0 Å². The summed E-state index contributed by atoms with van der Waals surface area (Å²) in [6.45, 7) is 1.24. The molecule has 3 N–H and O–H groups in total. The number of hydrogen-bond donors (Lipinski definition) is 2. The minimum atomic E-state index is -0.0725. The minimum absolute atomic E-state index is 0.0725. The van der Waals surface area contributed by atoms with Crippen LogP contribution in [0, 0.1) is 0 Å². The SMILES string of the molecule is CSC1CCCC1NC(=O)c1cn(CCN)cn1. The maximum atomic E-state index is 12.1. The standard InChI is InChI=1S/C12H20N4OS/c1-18-11-4-2-3-9(11)15-12(17)10-7-16(6-5-13)8-14-10/h7-9,11H,2-6,13H2,1H3,(H,15,17). The van der Waals surface area contributed by atoms with Crippen molar-refractivity contribution in [3.8, 4) is 0 Å². The monoisotopic (exact) mass is 268 g/mol. The van der Waals surface area contributed by atoms with E-state index in [9.17, 15) is 4.79 Å². The van der Waals surface area contributed by atoms with Crippen LogP contribution >= 0.6 is 11.8 Å². The normalized spacial score (nSPS) is 23.2. The summed E-state index contributed by atoms with van der Waals surface area (Å²) in [5.41, 5.74) is 5.94. The highest BCUT2D eigenvalue weighted by molar-refractivity contribution is 7.99. The number of carbonyl (C=O) groups is 1. The Hall–Kier alpha value is -1.01. The molecule has 0 saturated heterocycles. The van der Waals surface area contributed by atoms with Crippen LogP contribution in [0.15, 0.2) is 12.5 Å². The van der Waals surface area contributed by atoms with E-state index in [0.717, 1.165) is 6.42 Å². The number of nitrogens with zero attached hydrogens (tertiary/aromatic N) is 2. The Bertz CT molecular complexity index is 407. The Morgan fingerprint density at radius 3 is 3.22 bits per heavy atom. The lowest BCUT2D eigenvalue weighted by atomic mass is 10.2. The largest absolute Gasteiger partial charge is 0.347 e. The molecule has 0 spiro atoms. The van der Waals surface area contributed by atoms with E-state index in [1.165, 1.54) is 12.8 Å². The highest BCUT2D eigenvalue weighted by atomic mass is 32.2. The van der Waals surface area contributed by atoms with Crippen molar-refractivity contribution in [1.29, 1.82) is 0 Å². The van der Waals surface area contributed by atoms with Gasteiger partial charge in [0.2, 0.25) is 0 Å². The Morgan fingerprint density at radius 2 is 2.50 bits per heavy atom. The van der Waals surface area contributed by atoms with E-state index < -0.39 is 0 Å². The first-order valence-corrected chi connectivity index (χ1v) is 7.59. The average molecular weight is 268 g/mol. The second kappa shape index (κ2) is 6.24. The molecule has 0 radical (unpaired) electrons. The number of hydrogen-bond acceptors (Lipinski definition) is 4. The summed E-state index contributed by atoms with van der Waals surface area (Å²) in [4.78, 5) is 16.2. The highest BCUT2D eigenvalue weighted by Crippen LogP contribution is 2.28. The fourth-order valence-electron chi connectivity index (χ4n) is 2.36. The molecule has 5 nitrogen and oxygen atoms in total.